The van der Waals surface area contributed by atoms with Crippen molar-refractivity contribution in [2.24, 2.45) is 0 Å². The topological polar surface area (TPSA) is 29.5 Å². The largest absolute Gasteiger partial charge is 0.489 e. The van der Waals surface area contributed by atoms with Gasteiger partial charge >= 0.3 is 0 Å². The quantitative estimate of drug-likeness (QED) is 0.844. The van der Waals surface area contributed by atoms with Gasteiger partial charge in [-0.25, -0.2) is 0 Å². The highest BCUT2D eigenvalue weighted by atomic mass is 127. The zero-order valence-corrected chi connectivity index (χ0v) is 12.3. The van der Waals surface area contributed by atoms with E-state index in [0.717, 1.165) is 16.9 Å². The fraction of sp³-hybridized carbons (Fsp3) is 0.200. The van der Waals surface area contributed by atoms with E-state index in [1.807, 2.05) is 24.3 Å². The molecule has 0 aliphatic carbocycles. The number of aliphatic hydroxyl groups is 1. The molecule has 0 radical (unpaired) electrons. The van der Waals surface area contributed by atoms with Crippen molar-refractivity contribution < 1.29 is 9.84 Å². The number of rotatable bonds is 4. The van der Waals surface area contributed by atoms with Crippen LogP contribution in [0.15, 0.2) is 48.5 Å². The molecule has 0 aromatic heterocycles. The van der Waals surface area contributed by atoms with Crippen molar-refractivity contribution in [3.63, 3.8) is 0 Å². The molecule has 0 spiro atoms. The molecule has 0 saturated heterocycles. The Balaban J connectivity index is 2.01. The Kier molecular flexibility index (Phi) is 4.60. The van der Waals surface area contributed by atoms with E-state index in [2.05, 4.69) is 46.9 Å². The molecule has 2 aromatic carbocycles. The van der Waals surface area contributed by atoms with Crippen LogP contribution >= 0.6 is 22.6 Å². The number of benzene rings is 2. The first-order valence-corrected chi connectivity index (χ1v) is 6.88. The summed E-state index contributed by atoms with van der Waals surface area (Å²) >= 11 is 2.28. The maximum Gasteiger partial charge on any atom is 0.120 e. The molecule has 2 nitrogen and oxygen atoms in total. The summed E-state index contributed by atoms with van der Waals surface area (Å²) in [5.74, 6) is 0.784. The molecule has 0 amide bonds. The van der Waals surface area contributed by atoms with E-state index < -0.39 is 6.10 Å². The number of hydrogen-bond donors (Lipinski definition) is 1. The lowest BCUT2D eigenvalue weighted by Crippen LogP contribution is -1.97. The second-order valence-electron chi connectivity index (χ2n) is 4.16. The predicted molar refractivity (Wildman–Crippen MR) is 80.6 cm³/mol. The Morgan fingerprint density at radius 1 is 1.17 bits per heavy atom. The van der Waals surface area contributed by atoms with Crippen LogP contribution in [0.3, 0.4) is 0 Å². The lowest BCUT2D eigenvalue weighted by molar-refractivity contribution is 0.198. The zero-order valence-electron chi connectivity index (χ0n) is 10.1. The Morgan fingerprint density at radius 2 is 1.89 bits per heavy atom. The van der Waals surface area contributed by atoms with Crippen molar-refractivity contribution in [1.29, 1.82) is 0 Å². The molecule has 0 bridgehead atoms. The fourth-order valence-corrected chi connectivity index (χ4v) is 1.97. The summed E-state index contributed by atoms with van der Waals surface area (Å²) in [6.45, 7) is 2.29. The standard InChI is InChI=1S/C15H15IO2/c1-11(17)13-3-2-4-15(9-13)18-10-12-5-7-14(16)8-6-12/h2-9,11,17H,10H2,1H3/t11-/m0/s1. The second-order valence-corrected chi connectivity index (χ2v) is 5.41. The molecule has 0 heterocycles. The molecule has 3 heteroatoms. The highest BCUT2D eigenvalue weighted by Gasteiger charge is 2.02. The van der Waals surface area contributed by atoms with Crippen molar-refractivity contribution >= 4 is 22.6 Å². The first-order chi connectivity index (χ1) is 8.65. The summed E-state index contributed by atoms with van der Waals surface area (Å²) in [6, 6.07) is 15.8. The van der Waals surface area contributed by atoms with Crippen LogP contribution in [-0.2, 0) is 6.61 Å². The van der Waals surface area contributed by atoms with Gasteiger partial charge in [0.05, 0.1) is 6.10 Å². The summed E-state index contributed by atoms with van der Waals surface area (Å²) in [4.78, 5) is 0. The Hall–Kier alpha value is -1.07. The molecule has 2 rings (SSSR count). The van der Waals surface area contributed by atoms with Crippen LogP contribution in [0.2, 0.25) is 0 Å². The highest BCUT2D eigenvalue weighted by Crippen LogP contribution is 2.20. The van der Waals surface area contributed by atoms with Crippen LogP contribution in [0.1, 0.15) is 24.2 Å². The monoisotopic (exact) mass is 354 g/mol. The summed E-state index contributed by atoms with van der Waals surface area (Å²) in [6.07, 6.45) is -0.466. The van der Waals surface area contributed by atoms with Crippen LogP contribution in [0, 0.1) is 3.57 Å². The minimum absolute atomic E-state index is 0.466. The average molecular weight is 354 g/mol. The number of ether oxygens (including phenoxy) is 1. The van der Waals surface area contributed by atoms with Crippen LogP contribution in [-0.4, -0.2) is 5.11 Å². The molecule has 2 aromatic rings. The lowest BCUT2D eigenvalue weighted by Gasteiger charge is -2.09. The zero-order chi connectivity index (χ0) is 13.0. The van der Waals surface area contributed by atoms with Gasteiger partial charge in [0.1, 0.15) is 12.4 Å². The van der Waals surface area contributed by atoms with E-state index in [0.29, 0.717) is 6.61 Å². The average Bonchev–Trinajstić information content (AvgIpc) is 2.38. The van der Waals surface area contributed by atoms with Crippen molar-refractivity contribution in [2.75, 3.05) is 0 Å². The summed E-state index contributed by atoms with van der Waals surface area (Å²) in [5, 5.41) is 9.51. The van der Waals surface area contributed by atoms with Gasteiger partial charge in [0.15, 0.2) is 0 Å². The van der Waals surface area contributed by atoms with Crippen LogP contribution < -0.4 is 4.74 Å². The van der Waals surface area contributed by atoms with E-state index in [9.17, 15) is 5.11 Å². The van der Waals surface area contributed by atoms with Gasteiger partial charge in [0.25, 0.3) is 0 Å². The molecular weight excluding hydrogens is 339 g/mol. The number of hydrogen-bond acceptors (Lipinski definition) is 2. The molecule has 0 saturated carbocycles. The van der Waals surface area contributed by atoms with E-state index >= 15 is 0 Å². The molecule has 1 atom stereocenters. The number of halogens is 1. The van der Waals surface area contributed by atoms with Gasteiger partial charge in [0.2, 0.25) is 0 Å². The van der Waals surface area contributed by atoms with E-state index in [-0.39, 0.29) is 0 Å². The third-order valence-corrected chi connectivity index (χ3v) is 3.38. The van der Waals surface area contributed by atoms with Crippen LogP contribution in [0.5, 0.6) is 5.75 Å². The van der Waals surface area contributed by atoms with E-state index in [1.54, 1.807) is 6.92 Å². The minimum atomic E-state index is -0.466. The Labute approximate surface area is 121 Å². The molecule has 0 aliphatic heterocycles. The van der Waals surface area contributed by atoms with E-state index in [4.69, 9.17) is 4.74 Å². The summed E-state index contributed by atoms with van der Waals surface area (Å²) in [7, 11) is 0. The first kappa shape index (κ1) is 13.4. The molecule has 0 unspecified atom stereocenters. The maximum absolute atomic E-state index is 9.51. The molecule has 0 aliphatic rings. The molecule has 94 valence electrons. The van der Waals surface area contributed by atoms with Gasteiger partial charge < -0.3 is 9.84 Å². The molecule has 0 fully saturated rings. The highest BCUT2D eigenvalue weighted by molar-refractivity contribution is 14.1. The van der Waals surface area contributed by atoms with E-state index in [1.165, 1.54) is 3.57 Å². The smallest absolute Gasteiger partial charge is 0.120 e. The van der Waals surface area contributed by atoms with Gasteiger partial charge in [-0.2, -0.15) is 0 Å². The van der Waals surface area contributed by atoms with Crippen LogP contribution in [0.25, 0.3) is 0 Å². The normalized spacial score (nSPS) is 12.2. The Morgan fingerprint density at radius 3 is 2.56 bits per heavy atom. The van der Waals surface area contributed by atoms with Crippen LogP contribution in [0.4, 0.5) is 0 Å². The molecule has 18 heavy (non-hydrogen) atoms. The SMILES string of the molecule is C[C@H](O)c1cccc(OCc2ccc(I)cc2)c1. The van der Waals surface area contributed by atoms with Gasteiger partial charge in [-0.3, -0.25) is 0 Å². The van der Waals surface area contributed by atoms with Gasteiger partial charge in [0, 0.05) is 3.57 Å². The number of aliphatic hydroxyl groups excluding tert-OH is 1. The Bertz CT molecular complexity index is 506. The van der Waals surface area contributed by atoms with Crippen molar-refractivity contribution in [3.8, 4) is 5.75 Å². The third-order valence-electron chi connectivity index (χ3n) is 2.66. The summed E-state index contributed by atoms with van der Waals surface area (Å²) in [5.41, 5.74) is 2.01. The van der Waals surface area contributed by atoms with Crippen molar-refractivity contribution in [3.05, 3.63) is 63.2 Å². The maximum atomic E-state index is 9.51. The van der Waals surface area contributed by atoms with Gasteiger partial charge in [-0.1, -0.05) is 24.3 Å². The first-order valence-electron chi connectivity index (χ1n) is 5.80. The van der Waals surface area contributed by atoms with Crippen molar-refractivity contribution in [2.45, 2.75) is 19.6 Å². The van der Waals surface area contributed by atoms with Gasteiger partial charge in [-0.15, -0.1) is 0 Å². The van der Waals surface area contributed by atoms with Gasteiger partial charge in [-0.05, 0) is 64.9 Å². The fourth-order valence-electron chi connectivity index (χ4n) is 1.61. The third kappa shape index (κ3) is 3.71. The van der Waals surface area contributed by atoms with Crippen molar-refractivity contribution in [1.82, 2.24) is 0 Å². The molecular formula is C15H15IO2. The minimum Gasteiger partial charge on any atom is -0.489 e. The lowest BCUT2D eigenvalue weighted by atomic mass is 10.1. The second kappa shape index (κ2) is 6.20. The molecule has 1 N–H and O–H groups in total. The summed E-state index contributed by atoms with van der Waals surface area (Å²) < 4.78 is 6.92. The predicted octanol–water partition coefficient (Wildman–Crippen LogP) is 3.92.